The first-order chi connectivity index (χ1) is 27.1. The molecule has 0 aliphatic carbocycles. The molecule has 0 bridgehead atoms. The number of aryl methyl sites for hydroxylation is 2. The minimum Gasteiger partial charge on any atom is -0.493 e. The molecule has 14 nitrogen and oxygen atoms in total. The third-order valence-corrected chi connectivity index (χ3v) is 9.32. The molecule has 0 saturated carbocycles. The van der Waals surface area contributed by atoms with Crippen molar-refractivity contribution in [2.24, 2.45) is 19.1 Å². The van der Waals surface area contributed by atoms with Crippen molar-refractivity contribution in [3.63, 3.8) is 0 Å². The number of aliphatic imine (C=N–C) groups is 1. The predicted molar refractivity (Wildman–Crippen MR) is 216 cm³/mol. The summed E-state index contributed by atoms with van der Waals surface area (Å²) >= 11 is 0. The van der Waals surface area contributed by atoms with Crippen LogP contribution in [0, 0.1) is 0 Å². The Morgan fingerprint density at radius 2 is 1.55 bits per heavy atom. The molecule has 56 heavy (non-hydrogen) atoms. The van der Waals surface area contributed by atoms with E-state index in [-0.39, 0.29) is 36.7 Å². The van der Waals surface area contributed by atoms with Crippen LogP contribution in [0.25, 0.3) is 11.1 Å². The van der Waals surface area contributed by atoms with Crippen LogP contribution in [0.15, 0.2) is 90.4 Å². The summed E-state index contributed by atoms with van der Waals surface area (Å²) in [6.45, 7) is 3.48. The smallest absolute Gasteiger partial charge is 0.272 e. The molecular weight excluding hydrogens is 713 g/mol. The van der Waals surface area contributed by atoms with Crippen LogP contribution in [-0.4, -0.2) is 75.7 Å². The van der Waals surface area contributed by atoms with E-state index in [9.17, 15) is 19.2 Å². The van der Waals surface area contributed by atoms with E-state index >= 15 is 0 Å². The van der Waals surface area contributed by atoms with Gasteiger partial charge in [0.2, 0.25) is 5.91 Å². The van der Waals surface area contributed by atoms with E-state index in [0.717, 1.165) is 30.4 Å². The summed E-state index contributed by atoms with van der Waals surface area (Å²) < 4.78 is 14.9. The zero-order valence-corrected chi connectivity index (χ0v) is 32.0. The molecule has 1 aliphatic rings. The van der Waals surface area contributed by atoms with Crippen LogP contribution in [0.1, 0.15) is 70.4 Å². The van der Waals surface area contributed by atoms with Gasteiger partial charge in [0.1, 0.15) is 11.4 Å². The van der Waals surface area contributed by atoms with E-state index in [1.165, 1.54) is 7.11 Å². The van der Waals surface area contributed by atoms with Gasteiger partial charge in [-0.2, -0.15) is 0 Å². The second-order valence-electron chi connectivity index (χ2n) is 13.5. The molecule has 14 heteroatoms. The van der Waals surface area contributed by atoms with Crippen LogP contribution in [0.4, 0.5) is 22.7 Å². The first-order valence-electron chi connectivity index (χ1n) is 18.6. The summed E-state index contributed by atoms with van der Waals surface area (Å²) in [5.41, 5.74) is 5.25. The average Bonchev–Trinajstić information content (AvgIpc) is 3.73. The Hall–Kier alpha value is -6.70. The number of nitrogens with one attached hydrogen (secondary N) is 3. The maximum Gasteiger partial charge on any atom is 0.272 e. The number of unbranched alkanes of at least 4 members (excludes halogenated alkanes) is 2. The highest BCUT2D eigenvalue weighted by atomic mass is 16.5. The molecular formula is C42H46N8O6. The van der Waals surface area contributed by atoms with Gasteiger partial charge in [-0.1, -0.05) is 31.9 Å². The minimum atomic E-state index is -0.340. The summed E-state index contributed by atoms with van der Waals surface area (Å²) in [4.78, 5) is 62.4. The van der Waals surface area contributed by atoms with Crippen molar-refractivity contribution in [1.82, 2.24) is 19.0 Å². The molecule has 290 valence electrons. The fourth-order valence-electron chi connectivity index (χ4n) is 6.35. The van der Waals surface area contributed by atoms with Crippen LogP contribution < -0.4 is 25.4 Å². The Morgan fingerprint density at radius 1 is 0.804 bits per heavy atom. The molecule has 6 rings (SSSR count). The van der Waals surface area contributed by atoms with Crippen LogP contribution in [0.2, 0.25) is 0 Å². The first kappa shape index (κ1) is 39.0. The number of amides is 4. The predicted octanol–water partition coefficient (Wildman–Crippen LogP) is 7.08. The molecule has 5 aromatic rings. The van der Waals surface area contributed by atoms with Crippen LogP contribution >= 0.6 is 0 Å². The number of fused-ring (bicyclic) bond motifs is 1. The number of hydrogen-bond acceptors (Lipinski definition) is 8. The van der Waals surface area contributed by atoms with Crippen molar-refractivity contribution in [3.8, 4) is 22.6 Å². The Bertz CT molecular complexity index is 2230. The highest BCUT2D eigenvalue weighted by Gasteiger charge is 2.24. The van der Waals surface area contributed by atoms with Gasteiger partial charge in [0.05, 0.1) is 49.1 Å². The van der Waals surface area contributed by atoms with Gasteiger partial charge in [-0.25, -0.2) is 0 Å². The van der Waals surface area contributed by atoms with Gasteiger partial charge in [-0.3, -0.25) is 29.2 Å². The molecule has 2 aromatic carbocycles. The van der Waals surface area contributed by atoms with E-state index in [1.54, 1.807) is 101 Å². The van der Waals surface area contributed by atoms with Crippen molar-refractivity contribution in [2.75, 3.05) is 42.8 Å². The van der Waals surface area contributed by atoms with Crippen LogP contribution in [0.5, 0.6) is 11.5 Å². The minimum absolute atomic E-state index is 0.0875. The molecule has 1 aliphatic heterocycles. The number of methoxy groups -OCH3 is 1. The molecule has 0 radical (unpaired) electrons. The Labute approximate surface area is 325 Å². The lowest BCUT2D eigenvalue weighted by Gasteiger charge is -2.20. The monoisotopic (exact) mass is 758 g/mol. The highest BCUT2D eigenvalue weighted by Crippen LogP contribution is 2.36. The molecule has 3 aromatic heterocycles. The Kier molecular flexibility index (Phi) is 12.6. The van der Waals surface area contributed by atoms with Crippen LogP contribution in [-0.2, 0) is 18.9 Å². The maximum absolute atomic E-state index is 13.2. The standard InChI is InChI=1S/C42H46N8O6/c1-5-6-7-18-50-19-17-44-34-24-38(37(55-4)23-33(34)42(50)54)56-20-9-11-39(51)45-32-22-36(49(3)27-32)41(53)46-30-14-12-28(13-15-30)29-21-35(48(2)26-29)40(52)47-31-10-8-16-43-25-31/h8,10,12-17,21-27H,5-7,9,11,18-20H2,1-4H3,(H,45,51)(H,46,53)(H,47,52). The number of carbonyl (C=O) groups is 4. The van der Waals surface area contributed by atoms with Crippen molar-refractivity contribution < 1.29 is 28.7 Å². The zero-order chi connectivity index (χ0) is 39.6. The molecule has 0 atom stereocenters. The highest BCUT2D eigenvalue weighted by molar-refractivity contribution is 6.06. The second kappa shape index (κ2) is 18.1. The number of pyridine rings is 1. The number of nitrogens with zero attached hydrogens (tertiary/aromatic N) is 5. The lowest BCUT2D eigenvalue weighted by Crippen LogP contribution is -2.32. The summed E-state index contributed by atoms with van der Waals surface area (Å²) in [6.07, 6.45) is 12.2. The van der Waals surface area contributed by atoms with Crippen molar-refractivity contribution in [3.05, 3.63) is 102 Å². The number of hydrogen-bond donors (Lipinski definition) is 3. The Morgan fingerprint density at radius 3 is 2.29 bits per heavy atom. The number of benzene rings is 2. The van der Waals surface area contributed by atoms with Gasteiger partial charge in [-0.15, -0.1) is 0 Å². The summed E-state index contributed by atoms with van der Waals surface area (Å²) in [6, 6.07) is 17.6. The van der Waals surface area contributed by atoms with E-state index in [0.29, 0.717) is 70.7 Å². The number of aromatic nitrogens is 3. The fraction of sp³-hybridized carbons (Fsp3) is 0.286. The lowest BCUT2D eigenvalue weighted by atomic mass is 10.1. The third-order valence-electron chi connectivity index (χ3n) is 9.32. The molecule has 0 saturated heterocycles. The molecule has 3 N–H and O–H groups in total. The summed E-state index contributed by atoms with van der Waals surface area (Å²) in [5, 5.41) is 8.61. The normalized spacial score (nSPS) is 12.1. The molecule has 4 amide bonds. The van der Waals surface area contributed by atoms with E-state index in [4.69, 9.17) is 9.47 Å². The van der Waals surface area contributed by atoms with Gasteiger partial charge in [-0.05, 0) is 60.9 Å². The van der Waals surface area contributed by atoms with Gasteiger partial charge in [0.25, 0.3) is 17.7 Å². The summed E-state index contributed by atoms with van der Waals surface area (Å²) in [7, 11) is 5.06. The number of anilines is 3. The van der Waals surface area contributed by atoms with Crippen molar-refractivity contribution >= 4 is 52.6 Å². The van der Waals surface area contributed by atoms with Gasteiger partial charge >= 0.3 is 0 Å². The number of rotatable bonds is 16. The van der Waals surface area contributed by atoms with Gasteiger partial charge in [0.15, 0.2) is 11.5 Å². The fourth-order valence-corrected chi connectivity index (χ4v) is 6.35. The molecule has 0 unspecified atom stereocenters. The van der Waals surface area contributed by atoms with Gasteiger partial charge in [0, 0.05) is 69.2 Å². The number of ether oxygens (including phenoxy) is 2. The number of carbonyl (C=O) groups excluding carboxylic acids is 4. The zero-order valence-electron chi connectivity index (χ0n) is 32.0. The van der Waals surface area contributed by atoms with Crippen LogP contribution in [0.3, 0.4) is 0 Å². The topological polar surface area (TPSA) is 161 Å². The van der Waals surface area contributed by atoms with E-state index in [2.05, 4.69) is 32.9 Å². The largest absolute Gasteiger partial charge is 0.493 e. The first-order valence-corrected chi connectivity index (χ1v) is 18.6. The molecule has 0 spiro atoms. The van der Waals surface area contributed by atoms with E-state index in [1.807, 2.05) is 18.3 Å². The van der Waals surface area contributed by atoms with Crippen molar-refractivity contribution in [1.29, 1.82) is 0 Å². The molecule has 0 fully saturated rings. The lowest BCUT2D eigenvalue weighted by molar-refractivity contribution is -0.116. The maximum atomic E-state index is 13.2. The summed E-state index contributed by atoms with van der Waals surface area (Å²) in [5.74, 6) is -0.0376. The second-order valence-corrected chi connectivity index (χ2v) is 13.5. The van der Waals surface area contributed by atoms with Gasteiger partial charge < -0.3 is 39.5 Å². The third kappa shape index (κ3) is 9.50. The Balaban J connectivity index is 0.984. The van der Waals surface area contributed by atoms with Crippen molar-refractivity contribution in [2.45, 2.75) is 39.0 Å². The molecule has 4 heterocycles. The SMILES string of the molecule is CCCCCN1CC=Nc2cc(OCCCC(=O)Nc3cc(C(=O)Nc4ccc(-c5cc(C(=O)Nc6cccnc6)n(C)c5)cc4)n(C)c3)c(OC)cc2C1=O. The van der Waals surface area contributed by atoms with E-state index < -0.39 is 0 Å². The quantitative estimate of drug-likeness (QED) is 0.0906. The average molecular weight is 759 g/mol.